The SMILES string of the molecule is C=CCCCCCC(O)Cc1ccc(OC)nc1. The molecule has 0 radical (unpaired) electrons. The molecule has 0 aliphatic heterocycles. The molecule has 18 heavy (non-hydrogen) atoms. The van der Waals surface area contributed by atoms with Crippen molar-refractivity contribution < 1.29 is 9.84 Å². The van der Waals surface area contributed by atoms with Gasteiger partial charge in [-0.2, -0.15) is 0 Å². The van der Waals surface area contributed by atoms with Gasteiger partial charge in [0, 0.05) is 12.3 Å². The first kappa shape index (κ1) is 14.7. The Balaban J connectivity index is 2.22. The molecule has 0 bridgehead atoms. The van der Waals surface area contributed by atoms with Crippen LogP contribution in [-0.4, -0.2) is 23.3 Å². The summed E-state index contributed by atoms with van der Waals surface area (Å²) in [7, 11) is 1.60. The third-order valence-corrected chi connectivity index (χ3v) is 2.92. The normalized spacial score (nSPS) is 12.1. The predicted molar refractivity (Wildman–Crippen MR) is 73.8 cm³/mol. The average molecular weight is 249 g/mol. The van der Waals surface area contributed by atoms with E-state index in [4.69, 9.17) is 4.74 Å². The number of allylic oxidation sites excluding steroid dienone is 1. The minimum Gasteiger partial charge on any atom is -0.481 e. The smallest absolute Gasteiger partial charge is 0.212 e. The molecule has 1 atom stereocenters. The molecule has 0 saturated heterocycles. The first-order valence-corrected chi connectivity index (χ1v) is 6.54. The monoisotopic (exact) mass is 249 g/mol. The van der Waals surface area contributed by atoms with Crippen LogP contribution in [0, 0.1) is 0 Å². The number of hydrogen-bond donors (Lipinski definition) is 1. The summed E-state index contributed by atoms with van der Waals surface area (Å²) in [6.45, 7) is 3.70. The molecule has 0 aliphatic carbocycles. The van der Waals surface area contributed by atoms with Crippen molar-refractivity contribution in [3.8, 4) is 5.88 Å². The number of ether oxygens (including phenoxy) is 1. The van der Waals surface area contributed by atoms with E-state index in [0.29, 0.717) is 12.3 Å². The summed E-state index contributed by atoms with van der Waals surface area (Å²) < 4.78 is 4.99. The van der Waals surface area contributed by atoms with Gasteiger partial charge in [-0.1, -0.05) is 25.0 Å². The van der Waals surface area contributed by atoms with Crippen LogP contribution in [-0.2, 0) is 6.42 Å². The van der Waals surface area contributed by atoms with Crippen LogP contribution in [0.3, 0.4) is 0 Å². The number of unbranched alkanes of at least 4 members (excludes halogenated alkanes) is 3. The van der Waals surface area contributed by atoms with Crippen molar-refractivity contribution in [1.82, 2.24) is 4.98 Å². The van der Waals surface area contributed by atoms with Crippen LogP contribution in [0.4, 0.5) is 0 Å². The average Bonchev–Trinajstić information content (AvgIpc) is 2.39. The minimum absolute atomic E-state index is 0.274. The number of aliphatic hydroxyl groups is 1. The molecular formula is C15H23NO2. The Labute approximate surface area is 110 Å². The third-order valence-electron chi connectivity index (χ3n) is 2.92. The maximum atomic E-state index is 9.91. The van der Waals surface area contributed by atoms with Gasteiger partial charge in [0.05, 0.1) is 13.2 Å². The molecule has 1 rings (SSSR count). The van der Waals surface area contributed by atoms with Gasteiger partial charge in [0.25, 0.3) is 0 Å². The summed E-state index contributed by atoms with van der Waals surface area (Å²) >= 11 is 0. The van der Waals surface area contributed by atoms with E-state index >= 15 is 0 Å². The number of rotatable bonds is 9. The quantitative estimate of drug-likeness (QED) is 0.540. The van der Waals surface area contributed by atoms with Gasteiger partial charge in [-0.05, 0) is 31.2 Å². The number of pyridine rings is 1. The van der Waals surface area contributed by atoms with Crippen LogP contribution in [0.1, 0.15) is 37.7 Å². The lowest BCUT2D eigenvalue weighted by molar-refractivity contribution is 0.161. The zero-order valence-electron chi connectivity index (χ0n) is 11.1. The Morgan fingerprint density at radius 1 is 1.39 bits per heavy atom. The Morgan fingerprint density at radius 2 is 2.22 bits per heavy atom. The second-order valence-electron chi connectivity index (χ2n) is 4.49. The molecule has 0 aliphatic rings. The molecule has 3 heteroatoms. The molecule has 0 saturated carbocycles. The van der Waals surface area contributed by atoms with Gasteiger partial charge in [0.2, 0.25) is 5.88 Å². The summed E-state index contributed by atoms with van der Waals surface area (Å²) in [6.07, 6.45) is 9.41. The highest BCUT2D eigenvalue weighted by Gasteiger charge is 2.06. The molecule has 100 valence electrons. The van der Waals surface area contributed by atoms with E-state index < -0.39 is 0 Å². The Bertz CT molecular complexity index is 335. The molecular weight excluding hydrogens is 226 g/mol. The summed E-state index contributed by atoms with van der Waals surface area (Å²) in [5.74, 6) is 0.609. The fourth-order valence-electron chi connectivity index (χ4n) is 1.87. The molecule has 1 N–H and O–H groups in total. The van der Waals surface area contributed by atoms with Crippen molar-refractivity contribution in [2.75, 3.05) is 7.11 Å². The fraction of sp³-hybridized carbons (Fsp3) is 0.533. The highest BCUT2D eigenvalue weighted by atomic mass is 16.5. The van der Waals surface area contributed by atoms with E-state index in [9.17, 15) is 5.11 Å². The summed E-state index contributed by atoms with van der Waals surface area (Å²) in [5, 5.41) is 9.91. The van der Waals surface area contributed by atoms with E-state index in [2.05, 4.69) is 11.6 Å². The molecule has 1 unspecified atom stereocenters. The van der Waals surface area contributed by atoms with Crippen LogP contribution in [0.25, 0.3) is 0 Å². The Morgan fingerprint density at radius 3 is 2.83 bits per heavy atom. The van der Waals surface area contributed by atoms with Gasteiger partial charge in [-0.15, -0.1) is 6.58 Å². The number of aromatic nitrogens is 1. The number of hydrogen-bond acceptors (Lipinski definition) is 3. The maximum absolute atomic E-state index is 9.91. The second-order valence-corrected chi connectivity index (χ2v) is 4.49. The van der Waals surface area contributed by atoms with Gasteiger partial charge in [-0.3, -0.25) is 0 Å². The van der Waals surface area contributed by atoms with Gasteiger partial charge in [0.1, 0.15) is 0 Å². The summed E-state index contributed by atoms with van der Waals surface area (Å²) in [4.78, 5) is 4.13. The van der Waals surface area contributed by atoms with Crippen molar-refractivity contribution in [1.29, 1.82) is 0 Å². The molecule has 1 aromatic rings. The van der Waals surface area contributed by atoms with Gasteiger partial charge < -0.3 is 9.84 Å². The van der Waals surface area contributed by atoms with Crippen LogP contribution in [0.15, 0.2) is 31.0 Å². The highest BCUT2D eigenvalue weighted by Crippen LogP contribution is 2.12. The van der Waals surface area contributed by atoms with E-state index in [1.807, 2.05) is 18.2 Å². The number of nitrogens with zero attached hydrogens (tertiary/aromatic N) is 1. The zero-order chi connectivity index (χ0) is 13.2. The van der Waals surface area contributed by atoms with Crippen molar-refractivity contribution >= 4 is 0 Å². The Kier molecular flexibility index (Phi) is 7.11. The van der Waals surface area contributed by atoms with Crippen LogP contribution < -0.4 is 4.74 Å². The molecule has 0 fully saturated rings. The van der Waals surface area contributed by atoms with Crippen molar-refractivity contribution in [3.05, 3.63) is 36.5 Å². The minimum atomic E-state index is -0.274. The first-order valence-electron chi connectivity index (χ1n) is 6.54. The first-order chi connectivity index (χ1) is 8.76. The van der Waals surface area contributed by atoms with Crippen LogP contribution >= 0.6 is 0 Å². The predicted octanol–water partition coefficient (Wildman–Crippen LogP) is 3.13. The number of methoxy groups -OCH3 is 1. The molecule has 3 nitrogen and oxygen atoms in total. The molecule has 1 heterocycles. The standard InChI is InChI=1S/C15H23NO2/c1-3-4-5-6-7-8-14(17)11-13-9-10-15(18-2)16-12-13/h3,9-10,12,14,17H,1,4-8,11H2,2H3. The summed E-state index contributed by atoms with van der Waals surface area (Å²) in [6, 6.07) is 3.78. The van der Waals surface area contributed by atoms with Crippen molar-refractivity contribution in [2.45, 2.75) is 44.6 Å². The fourth-order valence-corrected chi connectivity index (χ4v) is 1.87. The Hall–Kier alpha value is -1.35. The van der Waals surface area contributed by atoms with E-state index in [1.54, 1.807) is 13.3 Å². The van der Waals surface area contributed by atoms with E-state index in [-0.39, 0.29) is 6.10 Å². The van der Waals surface area contributed by atoms with Crippen LogP contribution in [0.5, 0.6) is 5.88 Å². The second kappa shape index (κ2) is 8.70. The van der Waals surface area contributed by atoms with Gasteiger partial charge >= 0.3 is 0 Å². The lowest BCUT2D eigenvalue weighted by Gasteiger charge is -2.10. The molecule has 0 spiro atoms. The lowest BCUT2D eigenvalue weighted by atomic mass is 10.0. The number of aliphatic hydroxyl groups excluding tert-OH is 1. The third kappa shape index (κ3) is 5.82. The molecule has 1 aromatic heterocycles. The van der Waals surface area contributed by atoms with Gasteiger partial charge in [-0.25, -0.2) is 4.98 Å². The van der Waals surface area contributed by atoms with E-state index in [1.165, 1.54) is 6.42 Å². The largest absolute Gasteiger partial charge is 0.481 e. The lowest BCUT2D eigenvalue weighted by Crippen LogP contribution is -2.10. The van der Waals surface area contributed by atoms with Crippen molar-refractivity contribution in [2.24, 2.45) is 0 Å². The molecule has 0 amide bonds. The zero-order valence-corrected chi connectivity index (χ0v) is 11.1. The van der Waals surface area contributed by atoms with Gasteiger partial charge in [0.15, 0.2) is 0 Å². The van der Waals surface area contributed by atoms with Crippen LogP contribution in [0.2, 0.25) is 0 Å². The van der Waals surface area contributed by atoms with Crippen molar-refractivity contribution in [3.63, 3.8) is 0 Å². The molecule has 0 aromatic carbocycles. The van der Waals surface area contributed by atoms with E-state index in [0.717, 1.165) is 31.2 Å². The highest BCUT2D eigenvalue weighted by molar-refractivity contribution is 5.18. The summed E-state index contributed by atoms with van der Waals surface area (Å²) in [5.41, 5.74) is 1.05. The maximum Gasteiger partial charge on any atom is 0.212 e. The topological polar surface area (TPSA) is 42.4 Å².